The normalized spacial score (nSPS) is 23.1. The van der Waals surface area contributed by atoms with Crippen molar-refractivity contribution in [1.82, 2.24) is 9.38 Å². The number of anilines is 1. The van der Waals surface area contributed by atoms with Crippen molar-refractivity contribution in [1.29, 1.82) is 0 Å². The van der Waals surface area contributed by atoms with E-state index in [0.717, 1.165) is 30.2 Å². The number of fused-ring (bicyclic) bond motifs is 1. The van der Waals surface area contributed by atoms with E-state index >= 15 is 0 Å². The summed E-state index contributed by atoms with van der Waals surface area (Å²) in [6, 6.07) is 6.36. The molecule has 2 atom stereocenters. The minimum Gasteiger partial charge on any atom is -0.376 e. The highest BCUT2D eigenvalue weighted by Crippen LogP contribution is 2.28. The Morgan fingerprint density at radius 2 is 2.37 bits per heavy atom. The maximum absolute atomic E-state index is 6.12. The minimum absolute atomic E-state index is 0.234. The van der Waals surface area contributed by atoms with Crippen molar-refractivity contribution in [3.63, 3.8) is 0 Å². The summed E-state index contributed by atoms with van der Waals surface area (Å²) in [5.41, 5.74) is 1.98. The van der Waals surface area contributed by atoms with Crippen LogP contribution in [0.3, 0.4) is 0 Å². The summed E-state index contributed by atoms with van der Waals surface area (Å²) in [4.78, 5) is 6.92. The van der Waals surface area contributed by atoms with Gasteiger partial charge in [-0.15, -0.1) is 11.6 Å². The van der Waals surface area contributed by atoms with Gasteiger partial charge in [-0.05, 0) is 25.5 Å². The number of imidazole rings is 1. The smallest absolute Gasteiger partial charge is 0.152 e. The zero-order valence-corrected chi connectivity index (χ0v) is 12.0. The third-order valence-electron chi connectivity index (χ3n) is 3.90. The molecule has 0 aliphatic carbocycles. The average Bonchev–Trinajstić information content (AvgIpc) is 3.01. The van der Waals surface area contributed by atoms with Crippen LogP contribution in [0.25, 0.3) is 5.65 Å². The van der Waals surface area contributed by atoms with E-state index in [4.69, 9.17) is 21.3 Å². The number of rotatable bonds is 3. The zero-order valence-electron chi connectivity index (χ0n) is 11.2. The monoisotopic (exact) mass is 279 g/mol. The van der Waals surface area contributed by atoms with Crippen molar-refractivity contribution < 1.29 is 4.74 Å². The van der Waals surface area contributed by atoms with Crippen LogP contribution in [0.15, 0.2) is 24.4 Å². The van der Waals surface area contributed by atoms with Crippen LogP contribution in [-0.2, 0) is 10.6 Å². The summed E-state index contributed by atoms with van der Waals surface area (Å²) < 4.78 is 7.70. The highest BCUT2D eigenvalue weighted by Gasteiger charge is 2.30. The maximum atomic E-state index is 6.12. The summed E-state index contributed by atoms with van der Waals surface area (Å²) >= 11 is 6.12. The number of likely N-dealkylation sites (N-methyl/N-ethyl adjacent to an activating group) is 1. The van der Waals surface area contributed by atoms with E-state index in [1.165, 1.54) is 0 Å². The Morgan fingerprint density at radius 1 is 1.53 bits per heavy atom. The molecule has 1 fully saturated rings. The van der Waals surface area contributed by atoms with Crippen LogP contribution in [0, 0.1) is 0 Å². The minimum atomic E-state index is 0.234. The Balaban J connectivity index is 2.04. The second kappa shape index (κ2) is 5.02. The molecule has 1 aliphatic heterocycles. The van der Waals surface area contributed by atoms with E-state index in [-0.39, 0.29) is 6.10 Å². The maximum Gasteiger partial charge on any atom is 0.152 e. The quantitative estimate of drug-likeness (QED) is 0.809. The standard InChI is InChI=1S/C14H18ClN3O/c1-10-11(6-8-19-10)17(2)14-12(9-15)18-7-4-3-5-13(18)16-14/h3-5,7,10-11H,6,8-9H2,1-2H3. The first-order chi connectivity index (χ1) is 9.22. The number of alkyl halides is 1. The summed E-state index contributed by atoms with van der Waals surface area (Å²) in [5, 5.41) is 0. The van der Waals surface area contributed by atoms with Crippen LogP contribution >= 0.6 is 11.6 Å². The number of hydrogen-bond acceptors (Lipinski definition) is 3. The van der Waals surface area contributed by atoms with Crippen molar-refractivity contribution in [3.8, 4) is 0 Å². The Bertz CT molecular complexity index is 583. The van der Waals surface area contributed by atoms with Gasteiger partial charge in [0.25, 0.3) is 0 Å². The first-order valence-electron chi connectivity index (χ1n) is 6.58. The fraction of sp³-hybridized carbons (Fsp3) is 0.500. The second-order valence-electron chi connectivity index (χ2n) is 4.99. The Labute approximate surface area is 117 Å². The molecule has 2 aromatic rings. The third kappa shape index (κ3) is 2.09. The number of halogens is 1. The van der Waals surface area contributed by atoms with Gasteiger partial charge in [-0.25, -0.2) is 4.98 Å². The van der Waals surface area contributed by atoms with Crippen molar-refractivity contribution in [2.24, 2.45) is 0 Å². The number of ether oxygens (including phenoxy) is 1. The third-order valence-corrected chi connectivity index (χ3v) is 4.16. The number of hydrogen-bond donors (Lipinski definition) is 0. The molecule has 3 rings (SSSR count). The van der Waals surface area contributed by atoms with Gasteiger partial charge in [-0.3, -0.25) is 0 Å². The molecule has 0 spiro atoms. The molecule has 0 bridgehead atoms. The van der Waals surface area contributed by atoms with E-state index < -0.39 is 0 Å². The number of aromatic nitrogens is 2. The van der Waals surface area contributed by atoms with Gasteiger partial charge in [0, 0.05) is 19.9 Å². The Morgan fingerprint density at radius 3 is 3.05 bits per heavy atom. The zero-order chi connectivity index (χ0) is 13.4. The number of nitrogens with zero attached hydrogens (tertiary/aromatic N) is 3. The lowest BCUT2D eigenvalue weighted by Crippen LogP contribution is -2.37. The number of pyridine rings is 1. The Kier molecular flexibility index (Phi) is 3.37. The molecule has 5 heteroatoms. The molecule has 0 N–H and O–H groups in total. The van der Waals surface area contributed by atoms with Gasteiger partial charge in [-0.1, -0.05) is 6.07 Å². The van der Waals surface area contributed by atoms with Gasteiger partial charge >= 0.3 is 0 Å². The van der Waals surface area contributed by atoms with Crippen LogP contribution in [0.4, 0.5) is 5.82 Å². The lowest BCUT2D eigenvalue weighted by Gasteiger charge is -2.27. The second-order valence-corrected chi connectivity index (χ2v) is 5.25. The lowest BCUT2D eigenvalue weighted by molar-refractivity contribution is 0.118. The SMILES string of the molecule is CC1OCCC1N(C)c1nc2ccccn2c1CCl. The van der Waals surface area contributed by atoms with Crippen LogP contribution in [0.5, 0.6) is 0 Å². The molecule has 0 saturated carbocycles. The lowest BCUT2D eigenvalue weighted by atomic mass is 10.1. The van der Waals surface area contributed by atoms with Crippen molar-refractivity contribution in [2.45, 2.75) is 31.4 Å². The summed E-state index contributed by atoms with van der Waals surface area (Å²) in [6.07, 6.45) is 3.28. The van der Waals surface area contributed by atoms with Crippen LogP contribution in [0.2, 0.25) is 0 Å². The molecular weight excluding hydrogens is 262 g/mol. The molecule has 0 amide bonds. The van der Waals surface area contributed by atoms with Gasteiger partial charge in [0.2, 0.25) is 0 Å². The van der Waals surface area contributed by atoms with Crippen LogP contribution in [-0.4, -0.2) is 35.2 Å². The highest BCUT2D eigenvalue weighted by atomic mass is 35.5. The van der Waals surface area contributed by atoms with E-state index in [9.17, 15) is 0 Å². The van der Waals surface area contributed by atoms with Crippen molar-refractivity contribution >= 4 is 23.1 Å². The molecule has 102 valence electrons. The molecule has 0 radical (unpaired) electrons. The molecule has 2 aromatic heterocycles. The molecule has 0 aromatic carbocycles. The first-order valence-corrected chi connectivity index (χ1v) is 7.12. The van der Waals surface area contributed by atoms with E-state index in [2.05, 4.69) is 23.3 Å². The molecule has 3 heterocycles. The topological polar surface area (TPSA) is 29.8 Å². The predicted octanol–water partition coefficient (Wildman–Crippen LogP) is 2.69. The first kappa shape index (κ1) is 12.8. The largest absolute Gasteiger partial charge is 0.376 e. The van der Waals surface area contributed by atoms with Crippen molar-refractivity contribution in [2.75, 3.05) is 18.6 Å². The average molecular weight is 280 g/mol. The summed E-state index contributed by atoms with van der Waals surface area (Å²) in [5.74, 6) is 1.41. The fourth-order valence-electron chi connectivity index (χ4n) is 2.83. The predicted molar refractivity (Wildman–Crippen MR) is 77.0 cm³/mol. The van der Waals surface area contributed by atoms with E-state index in [0.29, 0.717) is 11.9 Å². The Hall–Kier alpha value is -1.26. The van der Waals surface area contributed by atoms with Gasteiger partial charge in [0.1, 0.15) is 5.65 Å². The van der Waals surface area contributed by atoms with Gasteiger partial charge < -0.3 is 14.0 Å². The summed E-state index contributed by atoms with van der Waals surface area (Å²) in [6.45, 7) is 2.93. The molecule has 1 saturated heterocycles. The molecule has 4 nitrogen and oxygen atoms in total. The van der Waals surface area contributed by atoms with Gasteiger partial charge in [-0.2, -0.15) is 0 Å². The molecular formula is C14H18ClN3O. The molecule has 19 heavy (non-hydrogen) atoms. The van der Waals surface area contributed by atoms with Crippen molar-refractivity contribution in [3.05, 3.63) is 30.1 Å². The van der Waals surface area contributed by atoms with E-state index in [1.807, 2.05) is 24.4 Å². The molecule has 1 aliphatic rings. The molecule has 2 unspecified atom stereocenters. The van der Waals surface area contributed by atoms with Crippen LogP contribution < -0.4 is 4.90 Å². The van der Waals surface area contributed by atoms with E-state index in [1.54, 1.807) is 0 Å². The fourth-order valence-corrected chi connectivity index (χ4v) is 3.08. The summed E-state index contributed by atoms with van der Waals surface area (Å²) in [7, 11) is 2.08. The highest BCUT2D eigenvalue weighted by molar-refractivity contribution is 6.17. The van der Waals surface area contributed by atoms with Gasteiger partial charge in [0.15, 0.2) is 5.82 Å². The van der Waals surface area contributed by atoms with Gasteiger partial charge in [0.05, 0.1) is 23.7 Å². The van der Waals surface area contributed by atoms with Crippen LogP contribution in [0.1, 0.15) is 19.0 Å².